The van der Waals surface area contributed by atoms with E-state index in [1.807, 2.05) is 36.4 Å². The Balaban J connectivity index is 1.68. The van der Waals surface area contributed by atoms with Crippen LogP contribution in [-0.4, -0.2) is 18.9 Å². The Hall–Kier alpha value is -3.54. The fraction of sp³-hybridized carbons (Fsp3) is 0.143. The molecule has 5 N–H and O–H groups in total. The van der Waals surface area contributed by atoms with Crippen molar-refractivity contribution in [1.82, 2.24) is 5.32 Å². The fourth-order valence-corrected chi connectivity index (χ4v) is 3.05. The lowest BCUT2D eigenvalue weighted by atomic mass is 9.98. The van der Waals surface area contributed by atoms with Crippen LogP contribution in [0.15, 0.2) is 65.9 Å². The van der Waals surface area contributed by atoms with Crippen LogP contribution in [0.25, 0.3) is 5.57 Å². The average Bonchev–Trinajstić information content (AvgIpc) is 3.08. The number of carbonyl (C=O) groups is 2. The Labute approximate surface area is 157 Å². The van der Waals surface area contributed by atoms with E-state index in [9.17, 15) is 9.59 Å². The van der Waals surface area contributed by atoms with Gasteiger partial charge in [-0.25, -0.2) is 0 Å². The lowest BCUT2D eigenvalue weighted by molar-refractivity contribution is -0.114. The number of ether oxygens (including phenoxy) is 1. The molecule has 0 saturated carbocycles. The first-order valence-corrected chi connectivity index (χ1v) is 8.50. The summed E-state index contributed by atoms with van der Waals surface area (Å²) in [5.74, 6) is -0.201. The highest BCUT2D eigenvalue weighted by molar-refractivity contribution is 6.10. The molecule has 2 aromatic rings. The van der Waals surface area contributed by atoms with E-state index < -0.39 is 5.91 Å². The van der Waals surface area contributed by atoms with Gasteiger partial charge in [-0.1, -0.05) is 42.5 Å². The predicted molar refractivity (Wildman–Crippen MR) is 104 cm³/mol. The number of carbonyl (C=O) groups excluding carboxylic acids is 2. The molecule has 0 saturated heterocycles. The third-order valence-electron chi connectivity index (χ3n) is 4.43. The summed E-state index contributed by atoms with van der Waals surface area (Å²) in [6, 6.07) is 14.6. The van der Waals surface area contributed by atoms with Crippen LogP contribution in [0.4, 0.5) is 0 Å². The largest absolute Gasteiger partial charge is 0.496 e. The van der Waals surface area contributed by atoms with Gasteiger partial charge >= 0.3 is 0 Å². The minimum atomic E-state index is -0.524. The molecule has 0 bridgehead atoms. The summed E-state index contributed by atoms with van der Waals surface area (Å²) in [6.07, 6.45) is 2.41. The second-order valence-electron chi connectivity index (χ2n) is 6.17. The zero-order valence-electron chi connectivity index (χ0n) is 15.0. The van der Waals surface area contributed by atoms with Crippen LogP contribution in [0.3, 0.4) is 0 Å². The molecule has 27 heavy (non-hydrogen) atoms. The first kappa shape index (κ1) is 18.3. The molecule has 0 spiro atoms. The zero-order valence-corrected chi connectivity index (χ0v) is 15.0. The number of allylic oxidation sites excluding steroid dienone is 1. The SMILES string of the molecule is COc1ccccc1C(=O)NCc1ccc(C2=CCC(N)=C2C(N)=O)cc1. The minimum absolute atomic E-state index is 0.207. The molecule has 2 amide bonds. The summed E-state index contributed by atoms with van der Waals surface area (Å²) < 4.78 is 5.21. The number of rotatable bonds is 6. The van der Waals surface area contributed by atoms with Gasteiger partial charge in [0.15, 0.2) is 0 Å². The molecule has 0 aromatic heterocycles. The molecule has 0 unspecified atom stereocenters. The van der Waals surface area contributed by atoms with Crippen LogP contribution in [-0.2, 0) is 11.3 Å². The number of amides is 2. The molecule has 2 aromatic carbocycles. The van der Waals surface area contributed by atoms with Crippen LogP contribution in [0.1, 0.15) is 27.9 Å². The van der Waals surface area contributed by atoms with Crippen molar-refractivity contribution in [3.05, 3.63) is 82.6 Å². The Morgan fingerprint density at radius 3 is 2.48 bits per heavy atom. The molecule has 0 heterocycles. The number of hydrogen-bond acceptors (Lipinski definition) is 4. The third kappa shape index (κ3) is 3.84. The Morgan fingerprint density at radius 2 is 1.81 bits per heavy atom. The van der Waals surface area contributed by atoms with Crippen LogP contribution < -0.4 is 21.5 Å². The second-order valence-corrected chi connectivity index (χ2v) is 6.17. The van der Waals surface area contributed by atoms with E-state index in [0.717, 1.165) is 16.7 Å². The summed E-state index contributed by atoms with van der Waals surface area (Å²) in [7, 11) is 1.53. The Morgan fingerprint density at radius 1 is 1.11 bits per heavy atom. The number of para-hydroxylation sites is 1. The van der Waals surface area contributed by atoms with Gasteiger partial charge in [-0.15, -0.1) is 0 Å². The number of nitrogens with two attached hydrogens (primary N) is 2. The molecule has 0 atom stereocenters. The summed E-state index contributed by atoms with van der Waals surface area (Å²) >= 11 is 0. The molecule has 6 nitrogen and oxygen atoms in total. The van der Waals surface area contributed by atoms with Crippen molar-refractivity contribution in [3.8, 4) is 5.75 Å². The molecular formula is C21H21N3O3. The highest BCUT2D eigenvalue weighted by atomic mass is 16.5. The Bertz CT molecular complexity index is 943. The number of methoxy groups -OCH3 is 1. The van der Waals surface area contributed by atoms with Gasteiger partial charge in [0.25, 0.3) is 11.8 Å². The summed E-state index contributed by atoms with van der Waals surface area (Å²) in [6.45, 7) is 0.372. The van der Waals surface area contributed by atoms with E-state index >= 15 is 0 Å². The maximum atomic E-state index is 12.4. The van der Waals surface area contributed by atoms with E-state index in [1.165, 1.54) is 7.11 Å². The maximum Gasteiger partial charge on any atom is 0.255 e. The number of nitrogens with one attached hydrogen (secondary N) is 1. The van der Waals surface area contributed by atoms with Gasteiger partial charge in [0.05, 0.1) is 18.2 Å². The van der Waals surface area contributed by atoms with Gasteiger partial charge in [-0.2, -0.15) is 0 Å². The molecule has 0 fully saturated rings. The summed E-state index contributed by atoms with van der Waals surface area (Å²) in [4.78, 5) is 24.0. The molecule has 0 radical (unpaired) electrons. The summed E-state index contributed by atoms with van der Waals surface area (Å²) in [5.41, 5.74) is 15.2. The van der Waals surface area contributed by atoms with Crippen LogP contribution >= 0.6 is 0 Å². The van der Waals surface area contributed by atoms with Gasteiger partial charge in [0.1, 0.15) is 5.75 Å². The van der Waals surface area contributed by atoms with E-state index in [4.69, 9.17) is 16.2 Å². The number of primary amides is 1. The second kappa shape index (κ2) is 7.78. The third-order valence-corrected chi connectivity index (χ3v) is 4.43. The lowest BCUT2D eigenvalue weighted by Gasteiger charge is -2.10. The van der Waals surface area contributed by atoms with Crippen LogP contribution in [0.5, 0.6) is 5.75 Å². The molecule has 1 aliphatic rings. The van der Waals surface area contributed by atoms with Crippen molar-refractivity contribution >= 4 is 17.4 Å². The van der Waals surface area contributed by atoms with Crippen LogP contribution in [0, 0.1) is 0 Å². The van der Waals surface area contributed by atoms with Gasteiger partial charge < -0.3 is 21.5 Å². The first-order valence-electron chi connectivity index (χ1n) is 8.50. The smallest absolute Gasteiger partial charge is 0.255 e. The molecule has 1 aliphatic carbocycles. The topological polar surface area (TPSA) is 107 Å². The van der Waals surface area contributed by atoms with Crippen LogP contribution in [0.2, 0.25) is 0 Å². The van der Waals surface area contributed by atoms with E-state index in [2.05, 4.69) is 5.32 Å². The van der Waals surface area contributed by atoms with Gasteiger partial charge in [0.2, 0.25) is 0 Å². The fourth-order valence-electron chi connectivity index (χ4n) is 3.05. The van der Waals surface area contributed by atoms with Crippen molar-refractivity contribution in [2.24, 2.45) is 11.5 Å². The highest BCUT2D eigenvalue weighted by Gasteiger charge is 2.21. The standard InChI is InChI=1S/C21H21N3O3/c1-27-18-5-3-2-4-16(18)21(26)24-12-13-6-8-14(9-7-13)15-10-11-17(22)19(15)20(23)25/h2-10H,11-12,22H2,1H3,(H2,23,25)(H,24,26). The predicted octanol–water partition coefficient (Wildman–Crippen LogP) is 2.11. The quantitative estimate of drug-likeness (QED) is 0.730. The van der Waals surface area contributed by atoms with Gasteiger partial charge in [-0.3, -0.25) is 9.59 Å². The monoisotopic (exact) mass is 363 g/mol. The van der Waals surface area contributed by atoms with Crippen molar-refractivity contribution in [1.29, 1.82) is 0 Å². The van der Waals surface area contributed by atoms with Gasteiger partial charge in [0, 0.05) is 18.7 Å². The van der Waals surface area contributed by atoms with Gasteiger partial charge in [-0.05, 0) is 28.8 Å². The van der Waals surface area contributed by atoms with Crippen molar-refractivity contribution in [2.75, 3.05) is 7.11 Å². The molecule has 6 heteroatoms. The summed E-state index contributed by atoms with van der Waals surface area (Å²) in [5, 5.41) is 2.88. The number of benzene rings is 2. The highest BCUT2D eigenvalue weighted by Crippen LogP contribution is 2.31. The lowest BCUT2D eigenvalue weighted by Crippen LogP contribution is -2.23. The van der Waals surface area contributed by atoms with E-state index in [1.54, 1.807) is 18.2 Å². The number of hydrogen-bond donors (Lipinski definition) is 3. The van der Waals surface area contributed by atoms with Crippen molar-refractivity contribution in [3.63, 3.8) is 0 Å². The molecular weight excluding hydrogens is 342 g/mol. The van der Waals surface area contributed by atoms with E-state index in [0.29, 0.717) is 35.5 Å². The van der Waals surface area contributed by atoms with Crippen molar-refractivity contribution < 1.29 is 14.3 Å². The molecule has 138 valence electrons. The zero-order chi connectivity index (χ0) is 19.4. The molecule has 0 aliphatic heterocycles. The van der Waals surface area contributed by atoms with Crippen molar-refractivity contribution in [2.45, 2.75) is 13.0 Å². The Kier molecular flexibility index (Phi) is 5.26. The normalized spacial score (nSPS) is 13.3. The van der Waals surface area contributed by atoms with E-state index in [-0.39, 0.29) is 5.91 Å². The minimum Gasteiger partial charge on any atom is -0.496 e. The maximum absolute atomic E-state index is 12.4. The average molecular weight is 363 g/mol. The first-order chi connectivity index (χ1) is 13.0. The molecule has 3 rings (SSSR count).